The molecule has 76 valence electrons. The van der Waals surface area contributed by atoms with Crippen molar-refractivity contribution in [2.24, 2.45) is 0 Å². The predicted octanol–water partition coefficient (Wildman–Crippen LogP) is 2.29. The Morgan fingerprint density at radius 3 is 2.79 bits per heavy atom. The van der Waals surface area contributed by atoms with E-state index in [1.54, 1.807) is 12.1 Å². The third kappa shape index (κ3) is 1.67. The van der Waals surface area contributed by atoms with Gasteiger partial charge in [0, 0.05) is 13.1 Å². The Labute approximate surface area is 83.7 Å². The Morgan fingerprint density at radius 2 is 2.21 bits per heavy atom. The van der Waals surface area contributed by atoms with Gasteiger partial charge in [0.15, 0.2) is 5.76 Å². The van der Waals surface area contributed by atoms with Crippen LogP contribution in [0.2, 0.25) is 0 Å². The summed E-state index contributed by atoms with van der Waals surface area (Å²) in [5, 5.41) is 0. The molecule has 2 rings (SSSR count). The smallest absolute Gasteiger partial charge is 0.289 e. The van der Waals surface area contributed by atoms with Gasteiger partial charge in [-0.2, -0.15) is 0 Å². The lowest BCUT2D eigenvalue weighted by Gasteiger charge is -2.22. The normalized spacial score (nSPS) is 17.2. The molecule has 0 spiro atoms. The van der Waals surface area contributed by atoms with Crippen LogP contribution in [0, 0.1) is 0 Å². The molecule has 1 aromatic rings. The molecular formula is C11H15NO2. The van der Waals surface area contributed by atoms with Crippen LogP contribution in [-0.2, 0) is 0 Å². The zero-order valence-electron chi connectivity index (χ0n) is 8.40. The number of hydrogen-bond acceptors (Lipinski definition) is 2. The van der Waals surface area contributed by atoms with Gasteiger partial charge < -0.3 is 9.32 Å². The first-order valence-electron chi connectivity index (χ1n) is 5.09. The molecule has 1 aromatic heterocycles. The van der Waals surface area contributed by atoms with E-state index < -0.39 is 0 Å². The summed E-state index contributed by atoms with van der Waals surface area (Å²) in [5.74, 6) is 0.446. The molecule has 0 bridgehead atoms. The summed E-state index contributed by atoms with van der Waals surface area (Å²) in [5.41, 5.74) is 0. The average molecular weight is 193 g/mol. The topological polar surface area (TPSA) is 33.5 Å². The average Bonchev–Trinajstić information content (AvgIpc) is 2.87. The second-order valence-electron chi connectivity index (χ2n) is 3.83. The van der Waals surface area contributed by atoms with E-state index in [9.17, 15) is 4.79 Å². The number of carbonyl (C=O) groups is 1. The van der Waals surface area contributed by atoms with Crippen LogP contribution in [0.25, 0.3) is 0 Å². The molecular weight excluding hydrogens is 178 g/mol. The Balaban J connectivity index is 2.04. The second-order valence-corrected chi connectivity index (χ2v) is 3.83. The van der Waals surface area contributed by atoms with Crippen molar-refractivity contribution in [1.82, 2.24) is 4.90 Å². The van der Waals surface area contributed by atoms with Crippen molar-refractivity contribution in [3.8, 4) is 0 Å². The fourth-order valence-corrected chi connectivity index (χ4v) is 2.03. The first-order chi connectivity index (χ1) is 6.79. The van der Waals surface area contributed by atoms with E-state index in [0.29, 0.717) is 11.8 Å². The highest BCUT2D eigenvalue weighted by Crippen LogP contribution is 2.23. The highest BCUT2D eigenvalue weighted by molar-refractivity contribution is 5.91. The van der Waals surface area contributed by atoms with Crippen LogP contribution in [0.4, 0.5) is 0 Å². The number of furan rings is 1. The lowest BCUT2D eigenvalue weighted by molar-refractivity contribution is 0.0703. The first kappa shape index (κ1) is 9.31. The van der Waals surface area contributed by atoms with Gasteiger partial charge in [0.05, 0.1) is 6.26 Å². The number of amides is 1. The minimum absolute atomic E-state index is 0.00176. The van der Waals surface area contributed by atoms with Crippen molar-refractivity contribution in [2.75, 3.05) is 7.05 Å². The number of rotatable bonds is 2. The van der Waals surface area contributed by atoms with Crippen LogP contribution in [0.5, 0.6) is 0 Å². The van der Waals surface area contributed by atoms with E-state index in [1.807, 2.05) is 11.9 Å². The lowest BCUT2D eigenvalue weighted by atomic mass is 10.2. The number of carbonyl (C=O) groups excluding carboxylic acids is 1. The number of hydrogen-bond donors (Lipinski definition) is 0. The van der Waals surface area contributed by atoms with Crippen molar-refractivity contribution in [1.29, 1.82) is 0 Å². The Bertz CT molecular complexity index is 299. The van der Waals surface area contributed by atoms with E-state index in [1.165, 1.54) is 19.1 Å². The van der Waals surface area contributed by atoms with Gasteiger partial charge in [0.1, 0.15) is 0 Å². The molecule has 0 radical (unpaired) electrons. The molecule has 0 atom stereocenters. The quantitative estimate of drug-likeness (QED) is 0.722. The van der Waals surface area contributed by atoms with Crippen LogP contribution >= 0.6 is 0 Å². The molecule has 1 saturated carbocycles. The Kier molecular flexibility index (Phi) is 2.57. The van der Waals surface area contributed by atoms with E-state index in [4.69, 9.17) is 4.42 Å². The van der Waals surface area contributed by atoms with Crippen LogP contribution in [0.3, 0.4) is 0 Å². The van der Waals surface area contributed by atoms with E-state index >= 15 is 0 Å². The van der Waals surface area contributed by atoms with E-state index in [2.05, 4.69) is 0 Å². The monoisotopic (exact) mass is 193 g/mol. The summed E-state index contributed by atoms with van der Waals surface area (Å²) in [6.45, 7) is 0. The maximum absolute atomic E-state index is 11.8. The molecule has 0 aromatic carbocycles. The van der Waals surface area contributed by atoms with Crippen molar-refractivity contribution >= 4 is 5.91 Å². The van der Waals surface area contributed by atoms with E-state index in [0.717, 1.165) is 12.8 Å². The molecule has 1 aliphatic carbocycles. The summed E-state index contributed by atoms with van der Waals surface area (Å²) in [7, 11) is 1.86. The molecule has 0 unspecified atom stereocenters. The van der Waals surface area contributed by atoms with Gasteiger partial charge in [-0.1, -0.05) is 12.8 Å². The SMILES string of the molecule is CN(C(=O)c1ccco1)C1CCCC1. The van der Waals surface area contributed by atoms with Crippen molar-refractivity contribution in [3.05, 3.63) is 24.2 Å². The minimum atomic E-state index is 0.00176. The number of nitrogens with zero attached hydrogens (tertiary/aromatic N) is 1. The van der Waals surface area contributed by atoms with Crippen LogP contribution in [0.1, 0.15) is 36.2 Å². The van der Waals surface area contributed by atoms with Crippen LogP contribution < -0.4 is 0 Å². The van der Waals surface area contributed by atoms with Crippen molar-refractivity contribution in [3.63, 3.8) is 0 Å². The second kappa shape index (κ2) is 3.86. The van der Waals surface area contributed by atoms with Gasteiger partial charge in [-0.15, -0.1) is 0 Å². The largest absolute Gasteiger partial charge is 0.459 e. The summed E-state index contributed by atoms with van der Waals surface area (Å²) in [6.07, 6.45) is 6.27. The summed E-state index contributed by atoms with van der Waals surface area (Å²) in [4.78, 5) is 13.6. The molecule has 3 heteroatoms. The molecule has 3 nitrogen and oxygen atoms in total. The Hall–Kier alpha value is -1.25. The molecule has 1 aliphatic rings. The summed E-state index contributed by atoms with van der Waals surface area (Å²) in [6, 6.07) is 3.87. The van der Waals surface area contributed by atoms with Gasteiger partial charge in [0.2, 0.25) is 0 Å². The third-order valence-electron chi connectivity index (χ3n) is 2.92. The summed E-state index contributed by atoms with van der Waals surface area (Å²) >= 11 is 0. The predicted molar refractivity (Wildman–Crippen MR) is 53.1 cm³/mol. The first-order valence-corrected chi connectivity index (χ1v) is 5.09. The molecule has 1 fully saturated rings. The molecule has 1 heterocycles. The van der Waals surface area contributed by atoms with Crippen molar-refractivity contribution < 1.29 is 9.21 Å². The molecule has 0 N–H and O–H groups in total. The zero-order valence-corrected chi connectivity index (χ0v) is 8.40. The fourth-order valence-electron chi connectivity index (χ4n) is 2.03. The van der Waals surface area contributed by atoms with Gasteiger partial charge >= 0.3 is 0 Å². The van der Waals surface area contributed by atoms with Gasteiger partial charge in [-0.25, -0.2) is 0 Å². The van der Waals surface area contributed by atoms with Gasteiger partial charge in [-0.3, -0.25) is 4.79 Å². The maximum atomic E-state index is 11.8. The van der Waals surface area contributed by atoms with Gasteiger partial charge in [0.25, 0.3) is 5.91 Å². The highest BCUT2D eigenvalue weighted by Gasteiger charge is 2.25. The molecule has 0 aliphatic heterocycles. The Morgan fingerprint density at radius 1 is 1.50 bits per heavy atom. The third-order valence-corrected chi connectivity index (χ3v) is 2.92. The highest BCUT2D eigenvalue weighted by atomic mass is 16.3. The molecule has 0 saturated heterocycles. The molecule has 1 amide bonds. The lowest BCUT2D eigenvalue weighted by Crippen LogP contribution is -2.34. The minimum Gasteiger partial charge on any atom is -0.459 e. The standard InChI is InChI=1S/C11H15NO2/c1-12(9-5-2-3-6-9)11(13)10-7-4-8-14-10/h4,7-9H,2-3,5-6H2,1H3. The van der Waals surface area contributed by atoms with Gasteiger partial charge in [-0.05, 0) is 25.0 Å². The summed E-state index contributed by atoms with van der Waals surface area (Å²) < 4.78 is 5.08. The van der Waals surface area contributed by atoms with Crippen LogP contribution in [0.15, 0.2) is 22.8 Å². The zero-order chi connectivity index (χ0) is 9.97. The van der Waals surface area contributed by atoms with Crippen molar-refractivity contribution in [2.45, 2.75) is 31.7 Å². The maximum Gasteiger partial charge on any atom is 0.289 e. The fraction of sp³-hybridized carbons (Fsp3) is 0.545. The molecule has 14 heavy (non-hydrogen) atoms. The van der Waals surface area contributed by atoms with Crippen LogP contribution in [-0.4, -0.2) is 23.9 Å². The van der Waals surface area contributed by atoms with E-state index in [-0.39, 0.29) is 5.91 Å².